The third-order valence-corrected chi connectivity index (χ3v) is 6.81. The Morgan fingerprint density at radius 1 is 1.00 bits per heavy atom. The number of thioether (sulfide) groups is 1. The van der Waals surface area contributed by atoms with Crippen molar-refractivity contribution in [1.29, 1.82) is 0 Å². The van der Waals surface area contributed by atoms with Crippen LogP contribution in [0, 0.1) is 0 Å². The number of ether oxygens (including phenoxy) is 3. The van der Waals surface area contributed by atoms with E-state index in [0.717, 1.165) is 15.1 Å². The van der Waals surface area contributed by atoms with E-state index in [9.17, 15) is 4.79 Å². The molecule has 9 heteroatoms. The highest BCUT2D eigenvalue weighted by molar-refractivity contribution is 7.98. The first-order valence-electron chi connectivity index (χ1n) is 11.4. The first-order valence-corrected chi connectivity index (χ1v) is 13.4. The van der Waals surface area contributed by atoms with Gasteiger partial charge in [-0.25, -0.2) is 4.98 Å². The van der Waals surface area contributed by atoms with Crippen LogP contribution in [0.25, 0.3) is 10.2 Å². The predicted molar refractivity (Wildman–Crippen MR) is 142 cm³/mol. The Balaban J connectivity index is 2.09. The highest BCUT2D eigenvalue weighted by atomic mass is 32.2. The van der Waals surface area contributed by atoms with E-state index in [1.54, 1.807) is 28.8 Å². The lowest BCUT2D eigenvalue weighted by Crippen LogP contribution is -2.36. The Kier molecular flexibility index (Phi) is 9.44. The normalized spacial score (nSPS) is 11.1. The van der Waals surface area contributed by atoms with Crippen LogP contribution in [0.15, 0.2) is 35.2 Å². The smallest absolute Gasteiger partial charge is 0.260 e. The molecule has 0 bridgehead atoms. The number of amides is 1. The van der Waals surface area contributed by atoms with Gasteiger partial charge in [-0.2, -0.15) is 0 Å². The van der Waals surface area contributed by atoms with E-state index in [0.29, 0.717) is 60.9 Å². The van der Waals surface area contributed by atoms with Gasteiger partial charge in [0.15, 0.2) is 16.6 Å². The van der Waals surface area contributed by atoms with Crippen LogP contribution in [-0.2, 0) is 0 Å². The fourth-order valence-corrected chi connectivity index (χ4v) is 5.09. The van der Waals surface area contributed by atoms with Gasteiger partial charge in [-0.05, 0) is 65.4 Å². The molecule has 1 aromatic heterocycles. The van der Waals surface area contributed by atoms with Crippen molar-refractivity contribution < 1.29 is 19.0 Å². The van der Waals surface area contributed by atoms with Gasteiger partial charge in [0, 0.05) is 23.5 Å². The molecule has 34 heavy (non-hydrogen) atoms. The Bertz CT molecular complexity index is 1090. The summed E-state index contributed by atoms with van der Waals surface area (Å²) in [7, 11) is 3.98. The maximum atomic E-state index is 13.9. The fraction of sp³-hybridized carbons (Fsp3) is 0.440. The van der Waals surface area contributed by atoms with Crippen LogP contribution in [0.3, 0.4) is 0 Å². The number of para-hydroxylation sites is 1. The van der Waals surface area contributed by atoms with Crippen molar-refractivity contribution in [2.45, 2.75) is 25.7 Å². The molecule has 7 nitrogen and oxygen atoms in total. The SMILES string of the molecule is CCOc1cc(C(=O)N(CCN(C)C)c2nc3c(SC)cccc3s2)cc(OCC)c1OCC. The molecule has 184 valence electrons. The molecule has 0 aliphatic rings. The van der Waals surface area contributed by atoms with Gasteiger partial charge in [0.25, 0.3) is 5.91 Å². The number of carbonyl (C=O) groups excluding carboxylic acids is 1. The highest BCUT2D eigenvalue weighted by Gasteiger charge is 2.25. The van der Waals surface area contributed by atoms with Gasteiger partial charge in [-0.3, -0.25) is 9.69 Å². The maximum Gasteiger partial charge on any atom is 0.260 e. The van der Waals surface area contributed by atoms with Gasteiger partial charge in [0.2, 0.25) is 5.75 Å². The third kappa shape index (κ3) is 5.95. The zero-order valence-corrected chi connectivity index (χ0v) is 22.3. The number of benzene rings is 2. The van der Waals surface area contributed by atoms with Crippen molar-refractivity contribution >= 4 is 44.4 Å². The van der Waals surface area contributed by atoms with Gasteiger partial charge < -0.3 is 19.1 Å². The average Bonchev–Trinajstić information content (AvgIpc) is 3.25. The standard InChI is InChI=1S/C25H33N3O4S2/c1-7-30-18-15-17(16-19(31-8-2)23(18)32-9-3)24(29)28(14-13-27(4)5)25-26-22-20(33-6)11-10-12-21(22)34-25/h10-12,15-16H,7-9,13-14H2,1-6H3. The van der Waals surface area contributed by atoms with Crippen molar-refractivity contribution in [2.24, 2.45) is 0 Å². The number of aromatic nitrogens is 1. The Hall–Kier alpha value is -2.49. The summed E-state index contributed by atoms with van der Waals surface area (Å²) in [6.07, 6.45) is 2.03. The quantitative estimate of drug-likeness (QED) is 0.306. The van der Waals surface area contributed by atoms with E-state index < -0.39 is 0 Å². The summed E-state index contributed by atoms with van der Waals surface area (Å²) < 4.78 is 18.5. The molecule has 0 fully saturated rings. The molecule has 0 N–H and O–H groups in total. The summed E-state index contributed by atoms with van der Waals surface area (Å²) in [5.41, 5.74) is 1.40. The van der Waals surface area contributed by atoms with Crippen molar-refractivity contribution in [3.63, 3.8) is 0 Å². The Morgan fingerprint density at radius 2 is 1.65 bits per heavy atom. The number of anilines is 1. The topological polar surface area (TPSA) is 64.1 Å². The zero-order chi connectivity index (χ0) is 24.7. The molecule has 0 aliphatic heterocycles. The van der Waals surface area contributed by atoms with Gasteiger partial charge in [-0.15, -0.1) is 11.8 Å². The molecule has 0 spiro atoms. The molecule has 0 saturated heterocycles. The van der Waals surface area contributed by atoms with E-state index >= 15 is 0 Å². The molecule has 0 aliphatic carbocycles. The lowest BCUT2D eigenvalue weighted by atomic mass is 10.1. The molecule has 0 unspecified atom stereocenters. The van der Waals surface area contributed by atoms with Crippen LogP contribution in [0.1, 0.15) is 31.1 Å². The number of nitrogens with zero attached hydrogens (tertiary/aromatic N) is 3. The minimum Gasteiger partial charge on any atom is -0.490 e. The largest absolute Gasteiger partial charge is 0.490 e. The molecule has 0 saturated carbocycles. The Morgan fingerprint density at radius 3 is 2.21 bits per heavy atom. The molecular weight excluding hydrogens is 470 g/mol. The summed E-state index contributed by atoms with van der Waals surface area (Å²) in [6, 6.07) is 9.60. The van der Waals surface area contributed by atoms with Crippen LogP contribution in [-0.4, -0.2) is 69.1 Å². The van der Waals surface area contributed by atoms with Crippen molar-refractivity contribution in [3.8, 4) is 17.2 Å². The van der Waals surface area contributed by atoms with E-state index in [4.69, 9.17) is 19.2 Å². The lowest BCUT2D eigenvalue weighted by Gasteiger charge is -2.23. The third-order valence-electron chi connectivity index (χ3n) is 4.99. The fourth-order valence-electron chi connectivity index (χ4n) is 3.44. The molecule has 1 amide bonds. The van der Waals surface area contributed by atoms with Crippen LogP contribution >= 0.6 is 23.1 Å². The first-order chi connectivity index (χ1) is 16.4. The molecule has 1 heterocycles. The number of hydrogen-bond donors (Lipinski definition) is 0. The van der Waals surface area contributed by atoms with Gasteiger partial charge in [0.05, 0.1) is 30.0 Å². The molecular formula is C25H33N3O4S2. The second-order valence-electron chi connectivity index (χ2n) is 7.66. The zero-order valence-electron chi connectivity index (χ0n) is 20.7. The van der Waals surface area contributed by atoms with Gasteiger partial charge in [-0.1, -0.05) is 17.4 Å². The summed E-state index contributed by atoms with van der Waals surface area (Å²) >= 11 is 3.18. The number of carbonyl (C=O) groups is 1. The summed E-state index contributed by atoms with van der Waals surface area (Å²) in [4.78, 5) is 23.7. The predicted octanol–water partition coefficient (Wildman–Crippen LogP) is 5.42. The van der Waals surface area contributed by atoms with Crippen LogP contribution < -0.4 is 19.1 Å². The van der Waals surface area contributed by atoms with E-state index in [2.05, 4.69) is 11.0 Å². The highest BCUT2D eigenvalue weighted by Crippen LogP contribution is 2.40. The maximum absolute atomic E-state index is 13.9. The van der Waals surface area contributed by atoms with Crippen molar-refractivity contribution in [2.75, 3.05) is 58.2 Å². The van der Waals surface area contributed by atoms with Crippen molar-refractivity contribution in [1.82, 2.24) is 9.88 Å². The monoisotopic (exact) mass is 503 g/mol. The van der Waals surface area contributed by atoms with Gasteiger partial charge >= 0.3 is 0 Å². The minimum atomic E-state index is -0.156. The average molecular weight is 504 g/mol. The number of rotatable bonds is 12. The molecule has 0 radical (unpaired) electrons. The van der Waals surface area contributed by atoms with E-state index in [-0.39, 0.29) is 5.91 Å². The molecule has 0 atom stereocenters. The minimum absolute atomic E-state index is 0.156. The van der Waals surface area contributed by atoms with Crippen LogP contribution in [0.5, 0.6) is 17.2 Å². The van der Waals surface area contributed by atoms with Crippen molar-refractivity contribution in [3.05, 3.63) is 35.9 Å². The second kappa shape index (κ2) is 12.3. The summed E-state index contributed by atoms with van der Waals surface area (Å²) in [5, 5.41) is 0.674. The Labute approximate surface area is 210 Å². The summed E-state index contributed by atoms with van der Waals surface area (Å²) in [5.74, 6) is 1.36. The lowest BCUT2D eigenvalue weighted by molar-refractivity contribution is 0.0984. The molecule has 3 rings (SSSR count). The number of fused-ring (bicyclic) bond motifs is 1. The first kappa shape index (κ1) is 26.1. The number of likely N-dealkylation sites (N-methyl/N-ethyl adjacent to an activating group) is 1. The van der Waals surface area contributed by atoms with Gasteiger partial charge in [0.1, 0.15) is 0 Å². The number of hydrogen-bond acceptors (Lipinski definition) is 8. The second-order valence-corrected chi connectivity index (χ2v) is 9.52. The molecule has 3 aromatic rings. The van der Waals surface area contributed by atoms with E-state index in [1.807, 2.05) is 53.3 Å². The van der Waals surface area contributed by atoms with Crippen LogP contribution in [0.2, 0.25) is 0 Å². The van der Waals surface area contributed by atoms with Crippen LogP contribution in [0.4, 0.5) is 5.13 Å². The number of thiazole rings is 1. The van der Waals surface area contributed by atoms with E-state index in [1.165, 1.54) is 11.3 Å². The summed E-state index contributed by atoms with van der Waals surface area (Å²) in [6.45, 7) is 8.27. The molecule has 2 aromatic carbocycles.